The summed E-state index contributed by atoms with van der Waals surface area (Å²) in [6.45, 7) is 0. The van der Waals surface area contributed by atoms with E-state index in [9.17, 15) is 0 Å². The Morgan fingerprint density at radius 2 is 1.82 bits per heavy atom. The molecule has 1 aromatic heterocycles. The first kappa shape index (κ1) is 13.4. The monoisotopic (exact) mass is 286 g/mol. The zero-order chi connectivity index (χ0) is 15.4. The van der Waals surface area contributed by atoms with E-state index in [1.54, 1.807) is 12.1 Å². The molecule has 5 nitrogen and oxygen atoms in total. The fourth-order valence-corrected chi connectivity index (χ4v) is 2.01. The highest BCUT2D eigenvalue weighted by atomic mass is 16.3. The fourth-order valence-electron chi connectivity index (χ4n) is 2.01. The van der Waals surface area contributed by atoms with E-state index in [0.29, 0.717) is 22.7 Å². The third-order valence-corrected chi connectivity index (χ3v) is 3.05. The van der Waals surface area contributed by atoms with Crippen molar-refractivity contribution < 1.29 is 4.42 Å². The van der Waals surface area contributed by atoms with Crippen LogP contribution in [-0.4, -0.2) is 4.98 Å². The van der Waals surface area contributed by atoms with Crippen molar-refractivity contribution in [1.29, 1.82) is 10.5 Å². The Balaban J connectivity index is 2.03. The number of benzene rings is 2. The van der Waals surface area contributed by atoms with Crippen LogP contribution >= 0.6 is 0 Å². The van der Waals surface area contributed by atoms with Crippen molar-refractivity contribution in [3.63, 3.8) is 0 Å². The summed E-state index contributed by atoms with van der Waals surface area (Å²) in [5.74, 6) is 0.523. The summed E-state index contributed by atoms with van der Waals surface area (Å²) in [4.78, 5) is 4.49. The number of aromatic nitrogens is 1. The van der Waals surface area contributed by atoms with Gasteiger partial charge in [-0.05, 0) is 24.3 Å². The van der Waals surface area contributed by atoms with Gasteiger partial charge in [-0.1, -0.05) is 24.3 Å². The second-order valence-electron chi connectivity index (χ2n) is 4.46. The van der Waals surface area contributed by atoms with Crippen molar-refractivity contribution in [2.24, 2.45) is 0 Å². The minimum Gasteiger partial charge on any atom is -0.436 e. The maximum atomic E-state index is 8.76. The van der Waals surface area contributed by atoms with Gasteiger partial charge >= 0.3 is 0 Å². The van der Waals surface area contributed by atoms with E-state index in [4.69, 9.17) is 14.9 Å². The van der Waals surface area contributed by atoms with E-state index in [1.165, 1.54) is 6.20 Å². The molecule has 0 unspecified atom stereocenters. The topological polar surface area (TPSA) is 85.6 Å². The number of allylic oxidation sites excluding steroid dienone is 1. The minimum atomic E-state index is -0.0104. The van der Waals surface area contributed by atoms with Crippen LogP contribution < -0.4 is 5.32 Å². The van der Waals surface area contributed by atoms with Crippen LogP contribution in [0.25, 0.3) is 22.6 Å². The maximum absolute atomic E-state index is 8.76. The number of oxazole rings is 1. The van der Waals surface area contributed by atoms with Gasteiger partial charge in [0.1, 0.15) is 23.2 Å². The molecule has 0 spiro atoms. The van der Waals surface area contributed by atoms with Gasteiger partial charge in [-0.2, -0.15) is 10.5 Å². The summed E-state index contributed by atoms with van der Waals surface area (Å²) < 4.78 is 5.75. The maximum Gasteiger partial charge on any atom is 0.227 e. The molecule has 104 valence electrons. The Kier molecular flexibility index (Phi) is 3.55. The normalized spacial score (nSPS) is 9.73. The molecule has 0 aliphatic rings. The summed E-state index contributed by atoms with van der Waals surface area (Å²) in [5.41, 5.74) is 2.82. The summed E-state index contributed by atoms with van der Waals surface area (Å²) in [5, 5.41) is 20.4. The number of hydrogen-bond donors (Lipinski definition) is 1. The number of para-hydroxylation sites is 1. The van der Waals surface area contributed by atoms with Crippen LogP contribution in [0.2, 0.25) is 0 Å². The molecule has 22 heavy (non-hydrogen) atoms. The number of anilines is 1. The number of nitriles is 2. The third-order valence-electron chi connectivity index (χ3n) is 3.05. The van der Waals surface area contributed by atoms with Crippen molar-refractivity contribution in [2.75, 3.05) is 5.32 Å². The molecule has 0 saturated carbocycles. The van der Waals surface area contributed by atoms with Crippen molar-refractivity contribution >= 4 is 16.8 Å². The van der Waals surface area contributed by atoms with E-state index >= 15 is 0 Å². The molecule has 0 amide bonds. The van der Waals surface area contributed by atoms with Crippen molar-refractivity contribution in [2.45, 2.75) is 0 Å². The van der Waals surface area contributed by atoms with Gasteiger partial charge in [0.05, 0.1) is 5.69 Å². The van der Waals surface area contributed by atoms with E-state index in [0.717, 1.165) is 5.56 Å². The predicted molar refractivity (Wildman–Crippen MR) is 82.4 cm³/mol. The molecule has 5 heteroatoms. The molecular formula is C17H10N4O. The smallest absolute Gasteiger partial charge is 0.227 e. The second kappa shape index (κ2) is 5.82. The van der Waals surface area contributed by atoms with Crippen molar-refractivity contribution in [1.82, 2.24) is 4.98 Å². The molecule has 0 saturated heterocycles. The Morgan fingerprint density at radius 3 is 2.55 bits per heavy atom. The zero-order valence-electron chi connectivity index (χ0n) is 11.4. The molecule has 0 aliphatic heterocycles. The molecular weight excluding hydrogens is 276 g/mol. The molecule has 3 rings (SSSR count). The van der Waals surface area contributed by atoms with E-state index in [1.807, 2.05) is 48.5 Å². The van der Waals surface area contributed by atoms with Crippen LogP contribution in [-0.2, 0) is 0 Å². The second-order valence-corrected chi connectivity index (χ2v) is 4.46. The average molecular weight is 286 g/mol. The highest BCUT2D eigenvalue weighted by Gasteiger charge is 2.10. The Labute approximate surface area is 126 Å². The van der Waals surface area contributed by atoms with Crippen LogP contribution in [0.4, 0.5) is 5.69 Å². The van der Waals surface area contributed by atoms with Gasteiger partial charge in [-0.15, -0.1) is 0 Å². The first-order chi connectivity index (χ1) is 10.8. The highest BCUT2D eigenvalue weighted by Crippen LogP contribution is 2.28. The third kappa shape index (κ3) is 2.52. The lowest BCUT2D eigenvalue weighted by molar-refractivity contribution is 0.620. The van der Waals surface area contributed by atoms with E-state index in [-0.39, 0.29) is 5.57 Å². The summed E-state index contributed by atoms with van der Waals surface area (Å²) in [6.07, 6.45) is 1.35. The lowest BCUT2D eigenvalue weighted by Gasteiger charge is -1.99. The van der Waals surface area contributed by atoms with Gasteiger partial charge in [-0.25, -0.2) is 4.98 Å². The molecule has 3 aromatic rings. The van der Waals surface area contributed by atoms with Crippen LogP contribution in [0, 0.1) is 22.7 Å². The van der Waals surface area contributed by atoms with Crippen molar-refractivity contribution in [3.8, 4) is 23.6 Å². The fraction of sp³-hybridized carbons (Fsp3) is 0. The molecule has 2 aromatic carbocycles. The van der Waals surface area contributed by atoms with E-state index in [2.05, 4.69) is 10.3 Å². The largest absolute Gasteiger partial charge is 0.436 e. The quantitative estimate of drug-likeness (QED) is 0.739. The first-order valence-electron chi connectivity index (χ1n) is 6.53. The molecule has 1 heterocycles. The van der Waals surface area contributed by atoms with Gasteiger partial charge in [0.2, 0.25) is 5.89 Å². The lowest BCUT2D eigenvalue weighted by Crippen LogP contribution is -1.90. The number of nitrogens with one attached hydrogen (secondary N) is 1. The molecule has 0 radical (unpaired) electrons. The van der Waals surface area contributed by atoms with Crippen LogP contribution in [0.1, 0.15) is 0 Å². The molecule has 1 N–H and O–H groups in total. The van der Waals surface area contributed by atoms with Crippen LogP contribution in [0.3, 0.4) is 0 Å². The number of fused-ring (bicyclic) bond motifs is 1. The van der Waals surface area contributed by atoms with Gasteiger partial charge in [0.25, 0.3) is 0 Å². The number of rotatable bonds is 3. The van der Waals surface area contributed by atoms with Crippen LogP contribution in [0.5, 0.6) is 0 Å². The lowest BCUT2D eigenvalue weighted by atomic mass is 10.2. The number of hydrogen-bond acceptors (Lipinski definition) is 5. The Bertz CT molecular complexity index is 911. The van der Waals surface area contributed by atoms with E-state index < -0.39 is 0 Å². The summed E-state index contributed by atoms with van der Waals surface area (Å²) in [7, 11) is 0. The van der Waals surface area contributed by atoms with Crippen LogP contribution in [0.15, 0.2) is 64.7 Å². The summed E-state index contributed by atoms with van der Waals surface area (Å²) in [6, 6.07) is 18.6. The molecule has 0 aliphatic carbocycles. The predicted octanol–water partition coefficient (Wildman–Crippen LogP) is 3.84. The zero-order valence-corrected chi connectivity index (χ0v) is 11.4. The SMILES string of the molecule is N#CC(C#N)=CNc1cccc2oc(-c3ccccc3)nc12. The molecule has 0 atom stereocenters. The van der Waals surface area contributed by atoms with Gasteiger partial charge in [0.15, 0.2) is 5.58 Å². The standard InChI is InChI=1S/C17H10N4O/c18-9-12(10-19)11-20-14-7-4-8-15-16(14)21-17(22-15)13-5-2-1-3-6-13/h1-8,11,20H. The van der Waals surface area contributed by atoms with Gasteiger partial charge in [-0.3, -0.25) is 0 Å². The molecule has 0 bridgehead atoms. The average Bonchev–Trinajstić information content (AvgIpc) is 3.01. The minimum absolute atomic E-state index is 0.0104. The first-order valence-corrected chi connectivity index (χ1v) is 6.53. The Hall–Kier alpha value is -3.57. The molecule has 0 fully saturated rings. The number of nitrogens with zero attached hydrogens (tertiary/aromatic N) is 3. The van der Waals surface area contributed by atoms with Gasteiger partial charge < -0.3 is 9.73 Å². The van der Waals surface area contributed by atoms with Gasteiger partial charge in [0, 0.05) is 11.8 Å². The summed E-state index contributed by atoms with van der Waals surface area (Å²) >= 11 is 0. The Morgan fingerprint density at radius 1 is 1.05 bits per heavy atom. The van der Waals surface area contributed by atoms with Crippen molar-refractivity contribution in [3.05, 3.63) is 60.3 Å². The highest BCUT2D eigenvalue weighted by molar-refractivity contribution is 5.89.